The molecule has 1 aromatic heterocycles. The number of hydrogen-bond donors (Lipinski definition) is 1. The second-order valence-electron chi connectivity index (χ2n) is 7.59. The third kappa shape index (κ3) is 7.77. The lowest BCUT2D eigenvalue weighted by molar-refractivity contribution is 0.379. The first kappa shape index (κ1) is 20.2. The van der Waals surface area contributed by atoms with Crippen molar-refractivity contribution in [1.82, 2.24) is 4.98 Å². The fourth-order valence-electron chi connectivity index (χ4n) is 3.53. The van der Waals surface area contributed by atoms with Crippen LogP contribution >= 0.6 is 12.6 Å². The number of aromatic nitrogens is 1. The van der Waals surface area contributed by atoms with Crippen molar-refractivity contribution in [3.8, 4) is 0 Å². The number of pyridine rings is 1. The van der Waals surface area contributed by atoms with E-state index in [1.165, 1.54) is 64.2 Å². The Hall–Kier alpha value is -1.09. The molecule has 0 aliphatic carbocycles. The third-order valence-corrected chi connectivity index (χ3v) is 5.46. The minimum atomic E-state index is 0.238. The van der Waals surface area contributed by atoms with Gasteiger partial charge in [0.1, 0.15) is 0 Å². The van der Waals surface area contributed by atoms with Crippen molar-refractivity contribution >= 4 is 18.3 Å². The van der Waals surface area contributed by atoms with Crippen molar-refractivity contribution in [2.75, 3.05) is 5.75 Å². The highest BCUT2D eigenvalue weighted by Crippen LogP contribution is 2.34. The maximum absolute atomic E-state index is 4.56. The van der Waals surface area contributed by atoms with Gasteiger partial charge in [-0.2, -0.15) is 12.6 Å². The van der Waals surface area contributed by atoms with Crippen LogP contribution < -0.4 is 0 Å². The van der Waals surface area contributed by atoms with Crippen LogP contribution in [0.3, 0.4) is 0 Å². The summed E-state index contributed by atoms with van der Waals surface area (Å²) in [5, 5.41) is 0. The number of nitrogens with zero attached hydrogens (tertiary/aromatic N) is 2. The van der Waals surface area contributed by atoms with Gasteiger partial charge in [0.25, 0.3) is 0 Å². The molecule has 1 unspecified atom stereocenters. The Labute approximate surface area is 159 Å². The van der Waals surface area contributed by atoms with E-state index in [0.717, 1.165) is 23.6 Å². The maximum atomic E-state index is 4.56. The molecule has 0 saturated heterocycles. The van der Waals surface area contributed by atoms with Gasteiger partial charge in [-0.25, -0.2) is 0 Å². The number of allylic oxidation sites excluding steroid dienone is 1. The summed E-state index contributed by atoms with van der Waals surface area (Å²) < 4.78 is 0. The molecule has 1 atom stereocenters. The van der Waals surface area contributed by atoms with Crippen LogP contribution in [0.2, 0.25) is 0 Å². The highest BCUT2D eigenvalue weighted by molar-refractivity contribution is 7.80. The Kier molecular flexibility index (Phi) is 9.31. The molecule has 1 aliphatic heterocycles. The number of thiol groups is 1. The van der Waals surface area contributed by atoms with Gasteiger partial charge in [-0.15, -0.1) is 0 Å². The maximum Gasteiger partial charge on any atom is 0.0844 e. The molecule has 1 aliphatic rings. The summed E-state index contributed by atoms with van der Waals surface area (Å²) in [6.07, 6.45) is 20.7. The zero-order valence-corrected chi connectivity index (χ0v) is 16.7. The first-order chi connectivity index (χ1) is 12.2. The normalized spacial score (nSPS) is 19.8. The van der Waals surface area contributed by atoms with Gasteiger partial charge in [0.2, 0.25) is 0 Å². The van der Waals surface area contributed by atoms with Gasteiger partial charge in [-0.3, -0.25) is 9.98 Å². The molecule has 0 amide bonds. The summed E-state index contributed by atoms with van der Waals surface area (Å²) in [4.78, 5) is 9.02. The van der Waals surface area contributed by atoms with Crippen LogP contribution in [0, 0.1) is 5.41 Å². The lowest BCUT2D eigenvalue weighted by Crippen LogP contribution is -2.22. The van der Waals surface area contributed by atoms with Crippen LogP contribution in [0.25, 0.3) is 0 Å². The number of rotatable bonds is 12. The lowest BCUT2D eigenvalue weighted by Gasteiger charge is -2.28. The molecular weight excluding hydrogens is 324 g/mol. The van der Waals surface area contributed by atoms with E-state index >= 15 is 0 Å². The average Bonchev–Trinajstić information content (AvgIpc) is 2.64. The van der Waals surface area contributed by atoms with Gasteiger partial charge in [0.05, 0.1) is 11.4 Å². The topological polar surface area (TPSA) is 25.2 Å². The molecular formula is C22H34N2S. The van der Waals surface area contributed by atoms with Gasteiger partial charge in [0.15, 0.2) is 0 Å². The molecule has 2 heterocycles. The Morgan fingerprint density at radius 3 is 2.28 bits per heavy atom. The van der Waals surface area contributed by atoms with Crippen molar-refractivity contribution in [2.24, 2.45) is 10.4 Å². The van der Waals surface area contributed by atoms with Gasteiger partial charge in [-0.1, -0.05) is 70.4 Å². The molecule has 2 rings (SSSR count). The van der Waals surface area contributed by atoms with Crippen LogP contribution in [0.15, 0.2) is 41.7 Å². The molecule has 0 spiro atoms. The first-order valence-electron chi connectivity index (χ1n) is 10.0. The van der Waals surface area contributed by atoms with E-state index in [9.17, 15) is 0 Å². The summed E-state index contributed by atoms with van der Waals surface area (Å²) in [5.74, 6) is 1.04. The van der Waals surface area contributed by atoms with Gasteiger partial charge >= 0.3 is 0 Å². The summed E-state index contributed by atoms with van der Waals surface area (Å²) >= 11 is 4.26. The summed E-state index contributed by atoms with van der Waals surface area (Å²) in [6, 6.07) is 6.07. The molecule has 0 N–H and O–H groups in total. The Balaban J connectivity index is 1.60. The molecule has 0 fully saturated rings. The van der Waals surface area contributed by atoms with Crippen LogP contribution in [0.1, 0.15) is 83.2 Å². The monoisotopic (exact) mass is 358 g/mol. The van der Waals surface area contributed by atoms with Crippen molar-refractivity contribution in [3.63, 3.8) is 0 Å². The number of hydrogen-bond acceptors (Lipinski definition) is 3. The van der Waals surface area contributed by atoms with Gasteiger partial charge < -0.3 is 0 Å². The summed E-state index contributed by atoms with van der Waals surface area (Å²) in [7, 11) is 0. The molecule has 2 nitrogen and oxygen atoms in total. The van der Waals surface area contributed by atoms with E-state index < -0.39 is 0 Å². The van der Waals surface area contributed by atoms with E-state index in [2.05, 4.69) is 41.7 Å². The van der Waals surface area contributed by atoms with Crippen LogP contribution in [-0.2, 0) is 0 Å². The predicted octanol–water partition coefficient (Wildman–Crippen LogP) is 6.63. The molecule has 25 heavy (non-hydrogen) atoms. The number of aliphatic imine (C=N–C) groups is 1. The van der Waals surface area contributed by atoms with Crippen molar-refractivity contribution in [3.05, 3.63) is 42.4 Å². The highest BCUT2D eigenvalue weighted by atomic mass is 32.1. The zero-order chi connectivity index (χ0) is 17.8. The van der Waals surface area contributed by atoms with E-state index in [-0.39, 0.29) is 5.41 Å². The SMILES string of the molecule is CC1(CCCCCCCCCCCS)C=CN=C(c2ccccn2)C1. The molecule has 0 saturated carbocycles. The minimum Gasteiger partial charge on any atom is -0.259 e. The van der Waals surface area contributed by atoms with E-state index in [1.54, 1.807) is 0 Å². The summed E-state index contributed by atoms with van der Waals surface area (Å²) in [6.45, 7) is 2.36. The molecule has 0 aromatic carbocycles. The molecule has 3 heteroatoms. The van der Waals surface area contributed by atoms with Crippen molar-refractivity contribution in [2.45, 2.75) is 77.6 Å². The second kappa shape index (κ2) is 11.5. The number of unbranched alkanes of at least 4 members (excludes halogenated alkanes) is 8. The predicted molar refractivity (Wildman–Crippen MR) is 113 cm³/mol. The average molecular weight is 359 g/mol. The van der Waals surface area contributed by atoms with E-state index in [4.69, 9.17) is 0 Å². The smallest absolute Gasteiger partial charge is 0.0844 e. The molecule has 0 radical (unpaired) electrons. The van der Waals surface area contributed by atoms with Crippen LogP contribution in [-0.4, -0.2) is 16.4 Å². The second-order valence-corrected chi connectivity index (χ2v) is 8.04. The molecule has 1 aromatic rings. The van der Waals surface area contributed by atoms with Crippen molar-refractivity contribution in [1.29, 1.82) is 0 Å². The van der Waals surface area contributed by atoms with E-state index in [1.807, 2.05) is 24.5 Å². The Morgan fingerprint density at radius 1 is 0.960 bits per heavy atom. The van der Waals surface area contributed by atoms with Gasteiger partial charge in [-0.05, 0) is 36.1 Å². The first-order valence-corrected chi connectivity index (χ1v) is 10.6. The highest BCUT2D eigenvalue weighted by Gasteiger charge is 2.26. The lowest BCUT2D eigenvalue weighted by atomic mass is 9.78. The largest absolute Gasteiger partial charge is 0.259 e. The fourth-order valence-corrected chi connectivity index (χ4v) is 3.76. The standard InChI is InChI=1S/C22H34N2S/c1-22(14-10-7-5-3-2-4-6-8-12-18-25)15-17-24-21(19-22)20-13-9-11-16-23-20/h9,11,13,15-17,25H,2-8,10,12,14,18-19H2,1H3. The fraction of sp³-hybridized carbons (Fsp3) is 0.636. The summed E-state index contributed by atoms with van der Waals surface area (Å²) in [5.41, 5.74) is 2.39. The van der Waals surface area contributed by atoms with E-state index in [0.29, 0.717) is 0 Å². The Bertz CT molecular complexity index is 538. The molecule has 0 bridgehead atoms. The quantitative estimate of drug-likeness (QED) is 0.329. The Morgan fingerprint density at radius 2 is 1.64 bits per heavy atom. The minimum absolute atomic E-state index is 0.238. The molecule has 138 valence electrons. The zero-order valence-electron chi connectivity index (χ0n) is 15.8. The van der Waals surface area contributed by atoms with Crippen LogP contribution in [0.4, 0.5) is 0 Å². The van der Waals surface area contributed by atoms with Crippen molar-refractivity contribution < 1.29 is 0 Å². The van der Waals surface area contributed by atoms with Gasteiger partial charge in [0, 0.05) is 18.8 Å². The third-order valence-electron chi connectivity index (χ3n) is 5.15. The van der Waals surface area contributed by atoms with Crippen LogP contribution in [0.5, 0.6) is 0 Å².